The number of hydrogen-bond acceptors (Lipinski definition) is 4. The largest absolute Gasteiger partial charge is 0.467 e. The van der Waals surface area contributed by atoms with Crippen LogP contribution >= 0.6 is 11.3 Å². The zero-order chi connectivity index (χ0) is 15.1. The van der Waals surface area contributed by atoms with Crippen molar-refractivity contribution in [1.29, 1.82) is 0 Å². The number of anilines is 1. The maximum atomic E-state index is 12.6. The zero-order valence-corrected chi connectivity index (χ0v) is 13.1. The molecule has 2 aromatic heterocycles. The quantitative estimate of drug-likeness (QED) is 0.727. The molecule has 1 saturated carbocycles. The molecule has 0 atom stereocenters. The average molecular weight is 312 g/mol. The van der Waals surface area contributed by atoms with Gasteiger partial charge < -0.3 is 4.42 Å². The summed E-state index contributed by atoms with van der Waals surface area (Å²) in [5.74, 6) is 1.10. The third-order valence-corrected chi connectivity index (χ3v) is 4.97. The van der Waals surface area contributed by atoms with E-state index in [0.29, 0.717) is 6.54 Å². The van der Waals surface area contributed by atoms with Gasteiger partial charge in [0.05, 0.1) is 23.0 Å². The van der Waals surface area contributed by atoms with E-state index in [1.54, 1.807) is 22.5 Å². The van der Waals surface area contributed by atoms with Gasteiger partial charge in [0, 0.05) is 5.92 Å². The minimum atomic E-state index is 0.156. The van der Waals surface area contributed by atoms with E-state index in [4.69, 9.17) is 9.40 Å². The summed E-state index contributed by atoms with van der Waals surface area (Å²) in [5.41, 5.74) is 2.12. The van der Waals surface area contributed by atoms with Crippen LogP contribution in [0.3, 0.4) is 0 Å². The second kappa shape index (κ2) is 5.25. The van der Waals surface area contributed by atoms with Gasteiger partial charge in [-0.05, 0) is 43.5 Å². The maximum Gasteiger partial charge on any atom is 0.232 e. The van der Waals surface area contributed by atoms with Crippen molar-refractivity contribution in [1.82, 2.24) is 4.98 Å². The fourth-order valence-corrected chi connectivity index (χ4v) is 3.59. The number of rotatable bonds is 4. The van der Waals surface area contributed by atoms with E-state index < -0.39 is 0 Å². The number of para-hydroxylation sites is 1. The predicted molar refractivity (Wildman–Crippen MR) is 87.0 cm³/mol. The molecule has 4 nitrogen and oxygen atoms in total. The number of thiazole rings is 1. The Kier molecular flexibility index (Phi) is 3.22. The molecule has 0 aliphatic heterocycles. The van der Waals surface area contributed by atoms with Gasteiger partial charge in [-0.2, -0.15) is 0 Å². The molecule has 0 saturated heterocycles. The molecule has 4 rings (SSSR count). The highest BCUT2D eigenvalue weighted by molar-refractivity contribution is 7.22. The first-order chi connectivity index (χ1) is 10.7. The van der Waals surface area contributed by atoms with Crippen LogP contribution in [0.2, 0.25) is 0 Å². The second-order valence-corrected chi connectivity index (χ2v) is 6.71. The van der Waals surface area contributed by atoms with Crippen LogP contribution in [0.5, 0.6) is 0 Å². The third kappa shape index (κ3) is 2.41. The topological polar surface area (TPSA) is 46.3 Å². The number of aryl methyl sites for hydroxylation is 1. The Labute approximate surface area is 132 Å². The molecule has 5 heteroatoms. The monoisotopic (exact) mass is 312 g/mol. The van der Waals surface area contributed by atoms with Gasteiger partial charge in [0.15, 0.2) is 5.13 Å². The Balaban J connectivity index is 1.74. The summed E-state index contributed by atoms with van der Waals surface area (Å²) in [4.78, 5) is 19.1. The summed E-state index contributed by atoms with van der Waals surface area (Å²) in [6, 6.07) is 9.87. The standard InChI is InChI=1S/C17H16N2O2S/c1-11-4-2-6-14-15(11)18-17(22-14)19(16(20)12-7-8-12)10-13-5-3-9-21-13/h2-6,9,12H,7-8,10H2,1H3. The van der Waals surface area contributed by atoms with Crippen molar-refractivity contribution in [2.45, 2.75) is 26.3 Å². The molecular formula is C17H16N2O2S. The number of carbonyl (C=O) groups is 1. The van der Waals surface area contributed by atoms with E-state index in [0.717, 1.165) is 39.5 Å². The van der Waals surface area contributed by atoms with E-state index in [-0.39, 0.29) is 11.8 Å². The van der Waals surface area contributed by atoms with Crippen LogP contribution in [-0.2, 0) is 11.3 Å². The normalized spacial score (nSPS) is 14.4. The van der Waals surface area contributed by atoms with Gasteiger partial charge in [0.25, 0.3) is 0 Å². The summed E-state index contributed by atoms with van der Waals surface area (Å²) in [6.07, 6.45) is 3.60. The van der Waals surface area contributed by atoms with Crippen molar-refractivity contribution in [3.05, 3.63) is 47.9 Å². The van der Waals surface area contributed by atoms with Crippen LogP contribution in [0.4, 0.5) is 5.13 Å². The number of furan rings is 1. The molecule has 0 unspecified atom stereocenters. The number of nitrogens with zero attached hydrogens (tertiary/aromatic N) is 2. The minimum Gasteiger partial charge on any atom is -0.467 e. The summed E-state index contributed by atoms with van der Waals surface area (Å²) >= 11 is 1.57. The first-order valence-corrected chi connectivity index (χ1v) is 8.24. The van der Waals surface area contributed by atoms with Crippen LogP contribution < -0.4 is 4.90 Å². The van der Waals surface area contributed by atoms with Crippen molar-refractivity contribution < 1.29 is 9.21 Å². The molecule has 2 heterocycles. The lowest BCUT2D eigenvalue weighted by atomic mass is 10.2. The van der Waals surface area contributed by atoms with Gasteiger partial charge in [-0.25, -0.2) is 4.98 Å². The highest BCUT2D eigenvalue weighted by Gasteiger charge is 2.35. The molecule has 1 aliphatic rings. The van der Waals surface area contributed by atoms with Crippen LogP contribution in [0.15, 0.2) is 41.0 Å². The van der Waals surface area contributed by atoms with Gasteiger partial charge in [0.2, 0.25) is 5.91 Å². The molecule has 0 radical (unpaired) electrons. The number of amides is 1. The molecule has 22 heavy (non-hydrogen) atoms. The maximum absolute atomic E-state index is 12.6. The van der Waals surface area contributed by atoms with E-state index in [1.807, 2.05) is 31.2 Å². The third-order valence-electron chi connectivity index (χ3n) is 3.93. The van der Waals surface area contributed by atoms with Crippen molar-refractivity contribution in [3.8, 4) is 0 Å². The van der Waals surface area contributed by atoms with Crippen molar-refractivity contribution in [3.63, 3.8) is 0 Å². The smallest absolute Gasteiger partial charge is 0.232 e. The van der Waals surface area contributed by atoms with E-state index in [9.17, 15) is 4.79 Å². The first kappa shape index (κ1) is 13.5. The Morgan fingerprint density at radius 2 is 2.23 bits per heavy atom. The molecular weight excluding hydrogens is 296 g/mol. The van der Waals surface area contributed by atoms with Crippen molar-refractivity contribution in [2.24, 2.45) is 5.92 Å². The Hall–Kier alpha value is -2.14. The molecule has 1 aromatic carbocycles. The summed E-state index contributed by atoms with van der Waals surface area (Å²) in [6.45, 7) is 2.49. The molecule has 3 aromatic rings. The number of fused-ring (bicyclic) bond motifs is 1. The SMILES string of the molecule is Cc1cccc2sc(N(Cc3ccco3)C(=O)C3CC3)nc12. The lowest BCUT2D eigenvalue weighted by Crippen LogP contribution is -2.31. The number of benzene rings is 1. The van der Waals surface area contributed by atoms with E-state index in [1.165, 1.54) is 0 Å². The Morgan fingerprint density at radius 1 is 1.36 bits per heavy atom. The van der Waals surface area contributed by atoms with E-state index in [2.05, 4.69) is 6.07 Å². The minimum absolute atomic E-state index is 0.156. The van der Waals surface area contributed by atoms with Crippen LogP contribution in [0.1, 0.15) is 24.2 Å². The zero-order valence-electron chi connectivity index (χ0n) is 12.3. The van der Waals surface area contributed by atoms with Crippen molar-refractivity contribution in [2.75, 3.05) is 4.90 Å². The lowest BCUT2D eigenvalue weighted by molar-refractivity contribution is -0.120. The van der Waals surface area contributed by atoms with Crippen LogP contribution in [0, 0.1) is 12.8 Å². The fraction of sp³-hybridized carbons (Fsp3) is 0.294. The van der Waals surface area contributed by atoms with Gasteiger partial charge in [-0.15, -0.1) is 0 Å². The molecule has 0 spiro atoms. The lowest BCUT2D eigenvalue weighted by Gasteiger charge is -2.18. The number of carbonyl (C=O) groups excluding carboxylic acids is 1. The average Bonchev–Trinajstić information content (AvgIpc) is 3.06. The molecule has 1 aliphatic carbocycles. The van der Waals surface area contributed by atoms with Gasteiger partial charge >= 0.3 is 0 Å². The summed E-state index contributed by atoms with van der Waals surface area (Å²) < 4.78 is 6.53. The van der Waals surface area contributed by atoms with Gasteiger partial charge in [-0.1, -0.05) is 23.5 Å². The second-order valence-electron chi connectivity index (χ2n) is 5.70. The number of hydrogen-bond donors (Lipinski definition) is 0. The Bertz CT molecular complexity index is 818. The fourth-order valence-electron chi connectivity index (χ4n) is 2.54. The van der Waals surface area contributed by atoms with Gasteiger partial charge in [-0.3, -0.25) is 9.69 Å². The Morgan fingerprint density at radius 3 is 2.91 bits per heavy atom. The van der Waals surface area contributed by atoms with Crippen LogP contribution in [-0.4, -0.2) is 10.9 Å². The highest BCUT2D eigenvalue weighted by atomic mass is 32.1. The first-order valence-electron chi connectivity index (χ1n) is 7.42. The summed E-state index contributed by atoms with van der Waals surface area (Å²) in [7, 11) is 0. The molecule has 1 fully saturated rings. The molecule has 1 amide bonds. The highest BCUT2D eigenvalue weighted by Crippen LogP contribution is 2.37. The molecule has 0 N–H and O–H groups in total. The predicted octanol–water partition coefficient (Wildman–Crippen LogP) is 4.14. The number of aromatic nitrogens is 1. The van der Waals surface area contributed by atoms with E-state index >= 15 is 0 Å². The molecule has 0 bridgehead atoms. The van der Waals surface area contributed by atoms with Gasteiger partial charge in [0.1, 0.15) is 5.76 Å². The van der Waals surface area contributed by atoms with Crippen molar-refractivity contribution >= 4 is 32.6 Å². The summed E-state index contributed by atoms with van der Waals surface area (Å²) in [5, 5.41) is 0.762. The molecule has 112 valence electrons. The van der Waals surface area contributed by atoms with Crippen LogP contribution in [0.25, 0.3) is 10.2 Å².